The molecule has 0 heterocycles. The van der Waals surface area contributed by atoms with Gasteiger partial charge in [-0.1, -0.05) is 42.6 Å². The van der Waals surface area contributed by atoms with Crippen LogP contribution in [-0.2, 0) is 6.42 Å². The van der Waals surface area contributed by atoms with Gasteiger partial charge in [-0.05, 0) is 66.6 Å². The van der Waals surface area contributed by atoms with E-state index in [0.717, 1.165) is 5.56 Å². The zero-order chi connectivity index (χ0) is 21.5. The molecule has 30 heavy (non-hydrogen) atoms. The van der Waals surface area contributed by atoms with E-state index in [2.05, 4.69) is 23.4 Å². The van der Waals surface area contributed by atoms with Gasteiger partial charge in [0.2, 0.25) is 0 Å². The highest BCUT2D eigenvalue weighted by Gasteiger charge is 2.12. The van der Waals surface area contributed by atoms with Gasteiger partial charge in [-0.25, -0.2) is 13.5 Å². The smallest absolute Gasteiger partial charge is 0.331 e. The minimum atomic E-state index is -0.392. The topological polar surface area (TPSA) is 61.4 Å². The van der Waals surface area contributed by atoms with E-state index in [1.165, 1.54) is 16.4 Å². The van der Waals surface area contributed by atoms with Crippen LogP contribution in [0.15, 0.2) is 72.8 Å². The van der Waals surface area contributed by atoms with Crippen LogP contribution in [0.2, 0.25) is 5.02 Å². The Morgan fingerprint density at radius 3 is 2.37 bits per heavy atom. The van der Waals surface area contributed by atoms with Crippen molar-refractivity contribution >= 4 is 47.7 Å². The second kappa shape index (κ2) is 10.1. The van der Waals surface area contributed by atoms with E-state index in [4.69, 9.17) is 11.6 Å². The van der Waals surface area contributed by atoms with Gasteiger partial charge >= 0.3 is 6.03 Å². The molecule has 0 bridgehead atoms. The number of benzene rings is 3. The number of halogens is 2. The van der Waals surface area contributed by atoms with Crippen molar-refractivity contribution in [3.8, 4) is 0 Å². The van der Waals surface area contributed by atoms with Crippen molar-refractivity contribution in [1.82, 2.24) is 5.32 Å². The largest absolute Gasteiger partial charge is 0.337 e. The average molecular weight is 444 g/mol. The van der Waals surface area contributed by atoms with E-state index in [1.807, 2.05) is 0 Å². The SMILES string of the molecule is O=C(Nc1ccc(N(S)C(=O)NCCc2ccc(F)cc2)cc1)c1cccc(Cl)c1. The lowest BCUT2D eigenvalue weighted by Gasteiger charge is -2.17. The van der Waals surface area contributed by atoms with Crippen LogP contribution in [0.5, 0.6) is 0 Å². The summed E-state index contributed by atoms with van der Waals surface area (Å²) in [5, 5.41) is 6.00. The number of carbonyl (C=O) groups is 2. The van der Waals surface area contributed by atoms with E-state index in [1.54, 1.807) is 60.7 Å². The molecule has 3 aromatic carbocycles. The highest BCUT2D eigenvalue weighted by atomic mass is 35.5. The molecule has 0 aliphatic carbocycles. The fourth-order valence-corrected chi connectivity index (χ4v) is 3.07. The molecule has 154 valence electrons. The third-order valence-corrected chi connectivity index (χ3v) is 4.90. The maximum Gasteiger partial charge on any atom is 0.331 e. The van der Waals surface area contributed by atoms with Crippen molar-refractivity contribution < 1.29 is 14.0 Å². The summed E-state index contributed by atoms with van der Waals surface area (Å²) in [6.07, 6.45) is 0.572. The molecule has 0 spiro atoms. The summed E-state index contributed by atoms with van der Waals surface area (Å²) in [4.78, 5) is 24.5. The number of nitrogens with zero attached hydrogens (tertiary/aromatic N) is 1. The lowest BCUT2D eigenvalue weighted by atomic mass is 10.1. The van der Waals surface area contributed by atoms with Crippen LogP contribution < -0.4 is 14.9 Å². The van der Waals surface area contributed by atoms with Gasteiger partial charge in [-0.3, -0.25) is 4.79 Å². The molecule has 8 heteroatoms. The molecule has 2 N–H and O–H groups in total. The molecule has 3 rings (SSSR count). The first kappa shape index (κ1) is 21.7. The van der Waals surface area contributed by atoms with Crippen LogP contribution in [0.3, 0.4) is 0 Å². The Kier molecular flexibility index (Phi) is 7.32. The van der Waals surface area contributed by atoms with Crippen molar-refractivity contribution in [1.29, 1.82) is 0 Å². The van der Waals surface area contributed by atoms with Gasteiger partial charge in [-0.15, -0.1) is 0 Å². The number of amides is 3. The Bertz CT molecular complexity index is 1030. The quantitative estimate of drug-likeness (QED) is 0.450. The number of thiol groups is 1. The van der Waals surface area contributed by atoms with E-state index in [0.29, 0.717) is 34.9 Å². The second-order valence-electron chi connectivity index (χ2n) is 6.43. The minimum absolute atomic E-state index is 0.286. The first-order valence-corrected chi connectivity index (χ1v) is 9.88. The Labute approximate surface area is 184 Å². The summed E-state index contributed by atoms with van der Waals surface area (Å²) in [6, 6.07) is 19.1. The molecular formula is C22H19ClFN3O2S. The highest BCUT2D eigenvalue weighted by molar-refractivity contribution is 7.82. The summed E-state index contributed by atoms with van der Waals surface area (Å²) >= 11 is 10.1. The molecule has 0 saturated heterocycles. The number of hydrogen-bond donors (Lipinski definition) is 3. The molecule has 0 radical (unpaired) electrons. The molecule has 0 unspecified atom stereocenters. The van der Waals surface area contributed by atoms with E-state index in [-0.39, 0.29) is 11.7 Å². The molecule has 0 fully saturated rings. The van der Waals surface area contributed by atoms with Crippen molar-refractivity contribution in [2.45, 2.75) is 6.42 Å². The zero-order valence-corrected chi connectivity index (χ0v) is 17.5. The van der Waals surface area contributed by atoms with Crippen molar-refractivity contribution in [2.24, 2.45) is 0 Å². The van der Waals surface area contributed by atoms with Crippen molar-refractivity contribution in [3.63, 3.8) is 0 Å². The van der Waals surface area contributed by atoms with Gasteiger partial charge in [0.1, 0.15) is 5.82 Å². The number of anilines is 2. The summed E-state index contributed by atoms with van der Waals surface area (Å²) in [6.45, 7) is 0.384. The van der Waals surface area contributed by atoms with E-state index in [9.17, 15) is 14.0 Å². The molecule has 0 atom stereocenters. The van der Waals surface area contributed by atoms with Crippen molar-refractivity contribution in [3.05, 3.63) is 94.8 Å². The molecule has 3 amide bonds. The fourth-order valence-electron chi connectivity index (χ4n) is 2.68. The monoisotopic (exact) mass is 443 g/mol. The normalized spacial score (nSPS) is 10.4. The molecule has 5 nitrogen and oxygen atoms in total. The number of nitrogens with one attached hydrogen (secondary N) is 2. The maximum absolute atomic E-state index is 12.9. The van der Waals surface area contributed by atoms with Crippen LogP contribution in [0.4, 0.5) is 20.6 Å². The first-order chi connectivity index (χ1) is 14.4. The summed E-state index contributed by atoms with van der Waals surface area (Å²) in [5.41, 5.74) is 2.48. The number of urea groups is 1. The second-order valence-corrected chi connectivity index (χ2v) is 7.27. The average Bonchev–Trinajstić information content (AvgIpc) is 2.75. The number of hydrogen-bond acceptors (Lipinski definition) is 3. The minimum Gasteiger partial charge on any atom is -0.337 e. The van der Waals surface area contributed by atoms with Gasteiger partial charge in [0, 0.05) is 22.8 Å². The zero-order valence-electron chi connectivity index (χ0n) is 15.8. The van der Waals surface area contributed by atoms with Crippen LogP contribution in [0, 0.1) is 5.82 Å². The Morgan fingerprint density at radius 2 is 1.70 bits per heavy atom. The van der Waals surface area contributed by atoms with Gasteiger partial charge < -0.3 is 10.6 Å². The van der Waals surface area contributed by atoms with E-state index < -0.39 is 6.03 Å². The molecule has 0 aliphatic heterocycles. The van der Waals surface area contributed by atoms with Crippen molar-refractivity contribution in [2.75, 3.05) is 16.2 Å². The van der Waals surface area contributed by atoms with Crippen LogP contribution in [0.25, 0.3) is 0 Å². The number of rotatable bonds is 6. The lowest BCUT2D eigenvalue weighted by molar-refractivity contribution is 0.102. The van der Waals surface area contributed by atoms with Gasteiger partial charge in [0.25, 0.3) is 5.91 Å². The number of carbonyl (C=O) groups excluding carboxylic acids is 2. The predicted octanol–water partition coefficient (Wildman–Crippen LogP) is 5.33. The maximum atomic E-state index is 12.9. The molecule has 0 aliphatic rings. The van der Waals surface area contributed by atoms with Crippen LogP contribution >= 0.6 is 24.4 Å². The Morgan fingerprint density at radius 1 is 1.00 bits per heavy atom. The lowest BCUT2D eigenvalue weighted by Crippen LogP contribution is -2.35. The third-order valence-electron chi connectivity index (χ3n) is 4.25. The predicted molar refractivity (Wildman–Crippen MR) is 121 cm³/mol. The Balaban J connectivity index is 1.52. The van der Waals surface area contributed by atoms with Gasteiger partial charge in [0.05, 0.1) is 5.69 Å². The van der Waals surface area contributed by atoms with Gasteiger partial charge in [-0.2, -0.15) is 0 Å². The van der Waals surface area contributed by atoms with Crippen LogP contribution in [0.1, 0.15) is 15.9 Å². The molecular weight excluding hydrogens is 425 g/mol. The summed E-state index contributed by atoms with van der Waals surface area (Å²) < 4.78 is 14.1. The first-order valence-electron chi connectivity index (χ1n) is 9.10. The summed E-state index contributed by atoms with van der Waals surface area (Å²) in [7, 11) is 0. The molecule has 0 saturated carbocycles. The van der Waals surface area contributed by atoms with E-state index >= 15 is 0 Å². The highest BCUT2D eigenvalue weighted by Crippen LogP contribution is 2.20. The van der Waals surface area contributed by atoms with Crippen LogP contribution in [-0.4, -0.2) is 18.5 Å². The Hall–Kier alpha value is -3.03. The third kappa shape index (κ3) is 5.98. The van der Waals surface area contributed by atoms with Gasteiger partial charge in [0.15, 0.2) is 0 Å². The summed E-state index contributed by atoms with van der Waals surface area (Å²) in [5.74, 6) is -0.581. The standard InChI is InChI=1S/C22H19ClFN3O2S/c23-17-3-1-2-16(14-17)21(28)26-19-8-10-20(11-9-19)27(30)22(29)25-13-12-15-4-6-18(24)7-5-15/h1-11,14,30H,12-13H2,(H,25,29)(H,26,28). The molecule has 0 aromatic heterocycles. The molecule has 3 aromatic rings. The fraction of sp³-hybridized carbons (Fsp3) is 0.0909.